The third-order valence-corrected chi connectivity index (χ3v) is 3.12. The third kappa shape index (κ3) is 4.37. The number of esters is 1. The highest BCUT2D eigenvalue weighted by molar-refractivity contribution is 6.08. The number of pyridine rings is 1. The van der Waals surface area contributed by atoms with Crippen molar-refractivity contribution >= 4 is 34.6 Å². The second-order valence-corrected chi connectivity index (χ2v) is 6.50. The number of allylic oxidation sites excluding steroid dienone is 1. The first-order valence-corrected chi connectivity index (χ1v) is 7.88. The van der Waals surface area contributed by atoms with Crippen LogP contribution in [0.25, 0.3) is 16.7 Å². The van der Waals surface area contributed by atoms with Gasteiger partial charge in [0.2, 0.25) is 5.88 Å². The molecular weight excluding hydrogens is 324 g/mol. The van der Waals surface area contributed by atoms with E-state index in [0.29, 0.717) is 11.1 Å². The fraction of sp³-hybridized carbons (Fsp3) is 0.389. The zero-order valence-corrected chi connectivity index (χ0v) is 15.1. The Labute approximate surface area is 146 Å². The maximum atomic E-state index is 12.3. The minimum Gasteiger partial charge on any atom is -0.462 e. The second kappa shape index (κ2) is 6.96. The number of hydrogen-bond acceptors (Lipinski definition) is 6. The van der Waals surface area contributed by atoms with Crippen LogP contribution in [-0.2, 0) is 9.47 Å². The van der Waals surface area contributed by atoms with Gasteiger partial charge in [0.05, 0.1) is 6.61 Å². The van der Waals surface area contributed by atoms with Crippen LogP contribution in [0.2, 0.25) is 0 Å². The number of furan rings is 1. The monoisotopic (exact) mass is 346 g/mol. The van der Waals surface area contributed by atoms with Crippen LogP contribution in [0.15, 0.2) is 23.3 Å². The molecule has 0 radical (unpaired) electrons. The molecule has 0 aliphatic heterocycles. The van der Waals surface area contributed by atoms with E-state index in [1.807, 2.05) is 6.92 Å². The molecule has 2 rings (SSSR count). The van der Waals surface area contributed by atoms with Gasteiger partial charge in [0.15, 0.2) is 5.58 Å². The molecule has 1 N–H and O–H groups in total. The van der Waals surface area contributed by atoms with Crippen molar-refractivity contribution < 1.29 is 23.5 Å². The Morgan fingerprint density at radius 1 is 1.36 bits per heavy atom. The molecule has 0 bridgehead atoms. The summed E-state index contributed by atoms with van der Waals surface area (Å²) in [4.78, 5) is 28.6. The number of anilines is 1. The lowest BCUT2D eigenvalue weighted by atomic mass is 10.1. The zero-order valence-electron chi connectivity index (χ0n) is 15.1. The summed E-state index contributed by atoms with van der Waals surface area (Å²) in [5.74, 6) is -0.697. The Balaban J connectivity index is 2.49. The fourth-order valence-corrected chi connectivity index (χ4v) is 2.09. The van der Waals surface area contributed by atoms with Crippen molar-refractivity contribution in [2.75, 3.05) is 11.9 Å². The molecule has 0 spiro atoms. The molecule has 25 heavy (non-hydrogen) atoms. The first-order valence-electron chi connectivity index (χ1n) is 7.88. The summed E-state index contributed by atoms with van der Waals surface area (Å²) in [6.45, 7) is 12.8. The van der Waals surface area contributed by atoms with Gasteiger partial charge in [-0.1, -0.05) is 6.58 Å². The highest BCUT2D eigenvalue weighted by atomic mass is 16.6. The van der Waals surface area contributed by atoms with Gasteiger partial charge in [0.25, 0.3) is 0 Å². The summed E-state index contributed by atoms with van der Waals surface area (Å²) < 4.78 is 15.9. The number of amides is 1. The number of ether oxygens (including phenoxy) is 2. The van der Waals surface area contributed by atoms with Crippen molar-refractivity contribution in [1.29, 1.82) is 0 Å². The van der Waals surface area contributed by atoms with Gasteiger partial charge >= 0.3 is 12.1 Å². The normalized spacial score (nSPS) is 11.2. The Hall–Kier alpha value is -2.83. The molecule has 0 saturated heterocycles. The number of hydrogen-bond donors (Lipinski definition) is 1. The maximum Gasteiger partial charge on any atom is 0.414 e. The lowest BCUT2D eigenvalue weighted by Gasteiger charge is -2.19. The van der Waals surface area contributed by atoms with Crippen molar-refractivity contribution in [3.8, 4) is 0 Å². The summed E-state index contributed by atoms with van der Waals surface area (Å²) in [7, 11) is 0. The van der Waals surface area contributed by atoms with Crippen LogP contribution < -0.4 is 5.32 Å². The quantitative estimate of drug-likeness (QED) is 0.826. The molecular formula is C18H22N2O5. The summed E-state index contributed by atoms with van der Waals surface area (Å²) in [5, 5.41) is 2.45. The SMILES string of the molecule is C=C(C)c1cnc2c(C(=O)OCC)c(NC(=O)OC(C)(C)C)oc2c1. The van der Waals surface area contributed by atoms with E-state index in [1.165, 1.54) is 0 Å². The zero-order chi connectivity index (χ0) is 18.8. The topological polar surface area (TPSA) is 90.7 Å². The van der Waals surface area contributed by atoms with Crippen LogP contribution in [0, 0.1) is 0 Å². The second-order valence-electron chi connectivity index (χ2n) is 6.50. The Morgan fingerprint density at radius 3 is 2.60 bits per heavy atom. The van der Waals surface area contributed by atoms with Crippen molar-refractivity contribution in [2.24, 2.45) is 0 Å². The van der Waals surface area contributed by atoms with Crippen LogP contribution in [0.3, 0.4) is 0 Å². The molecule has 7 nitrogen and oxygen atoms in total. The highest BCUT2D eigenvalue weighted by Crippen LogP contribution is 2.31. The van der Waals surface area contributed by atoms with Crippen molar-refractivity contribution in [2.45, 2.75) is 40.2 Å². The molecule has 7 heteroatoms. The average molecular weight is 346 g/mol. The molecule has 0 fully saturated rings. The lowest BCUT2D eigenvalue weighted by Crippen LogP contribution is -2.27. The average Bonchev–Trinajstić information content (AvgIpc) is 2.81. The Morgan fingerprint density at radius 2 is 2.04 bits per heavy atom. The number of nitrogens with one attached hydrogen (secondary N) is 1. The van der Waals surface area contributed by atoms with E-state index in [1.54, 1.807) is 40.0 Å². The first-order chi connectivity index (χ1) is 11.6. The molecule has 0 aliphatic carbocycles. The summed E-state index contributed by atoms with van der Waals surface area (Å²) in [5.41, 5.74) is 1.57. The molecule has 0 aromatic carbocycles. The van der Waals surface area contributed by atoms with Crippen LogP contribution in [-0.4, -0.2) is 29.3 Å². The van der Waals surface area contributed by atoms with Crippen molar-refractivity contribution in [1.82, 2.24) is 4.98 Å². The number of carbonyl (C=O) groups is 2. The summed E-state index contributed by atoms with van der Waals surface area (Å²) in [6, 6.07) is 1.70. The highest BCUT2D eigenvalue weighted by Gasteiger charge is 2.26. The fourth-order valence-electron chi connectivity index (χ4n) is 2.09. The first kappa shape index (κ1) is 18.5. The van der Waals surface area contributed by atoms with Gasteiger partial charge < -0.3 is 13.9 Å². The Bertz CT molecular complexity index is 830. The van der Waals surface area contributed by atoms with Gasteiger partial charge in [-0.05, 0) is 51.8 Å². The summed E-state index contributed by atoms with van der Waals surface area (Å²) >= 11 is 0. The van der Waals surface area contributed by atoms with Crippen LogP contribution in [0.1, 0.15) is 50.5 Å². The van der Waals surface area contributed by atoms with E-state index >= 15 is 0 Å². The van der Waals surface area contributed by atoms with Gasteiger partial charge in [-0.2, -0.15) is 0 Å². The van der Waals surface area contributed by atoms with Crippen LogP contribution in [0.5, 0.6) is 0 Å². The van der Waals surface area contributed by atoms with Gasteiger partial charge in [0.1, 0.15) is 16.7 Å². The molecule has 0 unspecified atom stereocenters. The molecule has 0 saturated carbocycles. The number of nitrogens with zero attached hydrogens (tertiary/aromatic N) is 1. The molecule has 2 heterocycles. The van der Waals surface area contributed by atoms with Gasteiger partial charge in [0, 0.05) is 6.20 Å². The van der Waals surface area contributed by atoms with E-state index in [2.05, 4.69) is 16.9 Å². The summed E-state index contributed by atoms with van der Waals surface area (Å²) in [6.07, 6.45) is 0.845. The van der Waals surface area contributed by atoms with E-state index in [-0.39, 0.29) is 18.1 Å². The van der Waals surface area contributed by atoms with Crippen molar-refractivity contribution in [3.05, 3.63) is 30.0 Å². The van der Waals surface area contributed by atoms with Crippen molar-refractivity contribution in [3.63, 3.8) is 0 Å². The predicted molar refractivity (Wildman–Crippen MR) is 94.5 cm³/mol. The molecule has 134 valence electrons. The number of aromatic nitrogens is 1. The largest absolute Gasteiger partial charge is 0.462 e. The standard InChI is InChI=1S/C18H22N2O5/c1-7-23-16(21)13-14-12(8-11(9-19-14)10(2)3)24-15(13)20-17(22)25-18(4,5)6/h8-9H,2,7H2,1,3-6H3,(H,20,22). The Kier molecular flexibility index (Phi) is 5.15. The van der Waals surface area contributed by atoms with E-state index < -0.39 is 17.7 Å². The van der Waals surface area contributed by atoms with Crippen LogP contribution >= 0.6 is 0 Å². The number of fused-ring (bicyclic) bond motifs is 1. The molecule has 1 amide bonds. The molecule has 0 aliphatic rings. The van der Waals surface area contributed by atoms with Gasteiger partial charge in [-0.25, -0.2) is 9.59 Å². The lowest BCUT2D eigenvalue weighted by molar-refractivity contribution is 0.0529. The van der Waals surface area contributed by atoms with Crippen LogP contribution in [0.4, 0.5) is 10.7 Å². The molecule has 0 atom stereocenters. The number of rotatable bonds is 4. The van der Waals surface area contributed by atoms with E-state index in [9.17, 15) is 9.59 Å². The minimum atomic E-state index is -0.739. The predicted octanol–water partition coefficient (Wildman–Crippen LogP) is 4.38. The van der Waals surface area contributed by atoms with Gasteiger partial charge in [-0.3, -0.25) is 10.3 Å². The minimum absolute atomic E-state index is 0.0518. The molecule has 2 aromatic rings. The van der Waals surface area contributed by atoms with Gasteiger partial charge in [-0.15, -0.1) is 0 Å². The number of carbonyl (C=O) groups excluding carboxylic acids is 2. The third-order valence-electron chi connectivity index (χ3n) is 3.12. The molecule has 2 aromatic heterocycles. The smallest absolute Gasteiger partial charge is 0.414 e. The maximum absolute atomic E-state index is 12.3. The van der Waals surface area contributed by atoms with E-state index in [0.717, 1.165) is 11.1 Å². The van der Waals surface area contributed by atoms with E-state index in [4.69, 9.17) is 13.9 Å².